The van der Waals surface area contributed by atoms with E-state index in [4.69, 9.17) is 38.2 Å². The lowest BCUT2D eigenvalue weighted by atomic mass is 9.88. The zero-order valence-corrected chi connectivity index (χ0v) is 52.4. The van der Waals surface area contributed by atoms with Crippen LogP contribution >= 0.6 is 23.2 Å². The average molecular weight is 1240 g/mol. The van der Waals surface area contributed by atoms with Crippen molar-refractivity contribution in [3.63, 3.8) is 0 Å². The standard InChI is InChI=1S/C88H56Cl2N4/c89-73-51-69(78-18-6-3-15-75(78)57-24-32-63(33-25-57)83-21-11-12-48-91-83)49-70(52-73)79-19-7-4-16-76(79)58-26-34-64(35-27-58)84-45-43-68(56-92-84)67-40-44-81(60-30-38-66(39-31-60)88-47-42-62-14-2-10-23-86(62)94-88)82(55-67)72-50-71(53-74(90)54-72)80-20-8-5-17-77(80)59-28-36-65(37-29-59)87-46-41-61-13-1-9-22-85(61)93-87/h1-56H. The minimum atomic E-state index is 0.644. The van der Waals surface area contributed by atoms with Gasteiger partial charge in [-0.1, -0.05) is 266 Å². The Labute approximate surface area is 556 Å². The number of rotatable bonds is 13. The first-order valence-electron chi connectivity index (χ1n) is 31.4. The number of aromatic nitrogens is 4. The Hall–Kier alpha value is -11.7. The number of benzene rings is 12. The summed E-state index contributed by atoms with van der Waals surface area (Å²) in [5, 5.41) is 3.56. The third kappa shape index (κ3) is 11.7. The molecule has 94 heavy (non-hydrogen) atoms. The first kappa shape index (κ1) is 57.5. The number of para-hydroxylation sites is 2. The molecule has 0 bridgehead atoms. The van der Waals surface area contributed by atoms with Crippen molar-refractivity contribution in [1.82, 2.24) is 19.9 Å². The van der Waals surface area contributed by atoms with Crippen LogP contribution < -0.4 is 0 Å². The second-order valence-corrected chi connectivity index (χ2v) is 24.5. The first-order chi connectivity index (χ1) is 46.3. The molecular formula is C88H56Cl2N4. The van der Waals surface area contributed by atoms with Gasteiger partial charge >= 0.3 is 0 Å². The van der Waals surface area contributed by atoms with Crippen molar-refractivity contribution in [1.29, 1.82) is 0 Å². The van der Waals surface area contributed by atoms with Crippen LogP contribution in [0.25, 0.3) is 167 Å². The second-order valence-electron chi connectivity index (χ2n) is 23.6. The van der Waals surface area contributed by atoms with Gasteiger partial charge in [-0.15, -0.1) is 0 Å². The largest absolute Gasteiger partial charge is 0.256 e. The molecule has 0 aliphatic rings. The SMILES string of the molecule is Clc1cc(-c2ccccc2-c2ccc(-c3ccccn3)cc2)cc(-c2ccccc2-c2ccc(-c3ccc(-c4ccc(-c5ccc(-c6ccc7ccccc7n6)cc5)c(-c5cc(Cl)cc(-c6ccccc6-c6ccc(-c7ccc8ccccc8n7)cc6)c5)c4)cn3)cc2)c1. The molecule has 0 atom stereocenters. The molecule has 0 spiro atoms. The highest BCUT2D eigenvalue weighted by Gasteiger charge is 2.18. The van der Waals surface area contributed by atoms with Gasteiger partial charge in [-0.3, -0.25) is 9.97 Å². The van der Waals surface area contributed by atoms with Gasteiger partial charge in [0, 0.05) is 61.0 Å². The molecule has 0 saturated carbocycles. The fourth-order valence-corrected chi connectivity index (χ4v) is 13.5. The van der Waals surface area contributed by atoms with E-state index >= 15 is 0 Å². The molecule has 4 nitrogen and oxygen atoms in total. The number of pyridine rings is 4. The summed E-state index contributed by atoms with van der Waals surface area (Å²) in [5.74, 6) is 0. The Kier molecular flexibility index (Phi) is 15.4. The van der Waals surface area contributed by atoms with E-state index in [1.54, 1.807) is 0 Å². The molecule has 6 heteroatoms. The van der Waals surface area contributed by atoms with Crippen molar-refractivity contribution >= 4 is 45.0 Å². The molecule has 0 amide bonds. The highest BCUT2D eigenvalue weighted by molar-refractivity contribution is 6.31. The van der Waals surface area contributed by atoms with E-state index in [0.717, 1.165) is 167 Å². The number of fused-ring (bicyclic) bond motifs is 2. The highest BCUT2D eigenvalue weighted by Crippen LogP contribution is 2.44. The van der Waals surface area contributed by atoms with Gasteiger partial charge in [0.25, 0.3) is 0 Å². The van der Waals surface area contributed by atoms with Crippen LogP contribution in [0.5, 0.6) is 0 Å². The Bertz CT molecular complexity index is 5480. The number of halogens is 2. The number of hydrogen-bond donors (Lipinski definition) is 0. The molecule has 0 saturated heterocycles. The lowest BCUT2D eigenvalue weighted by molar-refractivity contribution is 1.32. The number of nitrogens with zero attached hydrogens (tertiary/aromatic N) is 4. The van der Waals surface area contributed by atoms with Gasteiger partial charge in [0.1, 0.15) is 0 Å². The van der Waals surface area contributed by atoms with E-state index < -0.39 is 0 Å². The average Bonchev–Trinajstić information content (AvgIpc) is 0.836. The Morgan fingerprint density at radius 2 is 0.511 bits per heavy atom. The zero-order chi connectivity index (χ0) is 62.9. The minimum Gasteiger partial charge on any atom is -0.256 e. The fraction of sp³-hybridized carbons (Fsp3) is 0. The van der Waals surface area contributed by atoms with Crippen LogP contribution in [0.2, 0.25) is 10.0 Å². The van der Waals surface area contributed by atoms with E-state index in [1.165, 1.54) is 0 Å². The summed E-state index contributed by atoms with van der Waals surface area (Å²) in [6, 6.07) is 115. The fourth-order valence-electron chi connectivity index (χ4n) is 13.0. The molecule has 16 rings (SSSR count). The summed E-state index contributed by atoms with van der Waals surface area (Å²) in [7, 11) is 0. The van der Waals surface area contributed by atoms with Crippen LogP contribution in [0.1, 0.15) is 0 Å². The van der Waals surface area contributed by atoms with Crippen molar-refractivity contribution < 1.29 is 0 Å². The predicted octanol–water partition coefficient (Wildman–Crippen LogP) is 24.6. The van der Waals surface area contributed by atoms with Crippen LogP contribution in [0.15, 0.2) is 340 Å². The van der Waals surface area contributed by atoms with E-state index in [-0.39, 0.29) is 0 Å². The maximum atomic E-state index is 7.26. The van der Waals surface area contributed by atoms with Gasteiger partial charge in [-0.25, -0.2) is 9.97 Å². The summed E-state index contributed by atoms with van der Waals surface area (Å²) in [4.78, 5) is 19.7. The van der Waals surface area contributed by atoms with Gasteiger partial charge in [0.05, 0.1) is 33.8 Å². The van der Waals surface area contributed by atoms with Gasteiger partial charge in [-0.2, -0.15) is 0 Å². The quantitative estimate of drug-likeness (QED) is 0.115. The van der Waals surface area contributed by atoms with Crippen molar-refractivity contribution in [3.05, 3.63) is 350 Å². The molecule has 16 aromatic rings. The maximum Gasteiger partial charge on any atom is 0.0709 e. The molecular weight excluding hydrogens is 1180 g/mol. The topological polar surface area (TPSA) is 51.6 Å². The van der Waals surface area contributed by atoms with Crippen molar-refractivity contribution in [2.75, 3.05) is 0 Å². The van der Waals surface area contributed by atoms with Crippen LogP contribution in [0.4, 0.5) is 0 Å². The van der Waals surface area contributed by atoms with Crippen molar-refractivity contribution in [2.24, 2.45) is 0 Å². The van der Waals surface area contributed by atoms with Crippen molar-refractivity contribution in [2.45, 2.75) is 0 Å². The molecule has 0 N–H and O–H groups in total. The molecule has 442 valence electrons. The second kappa shape index (κ2) is 25.2. The Morgan fingerprint density at radius 3 is 0.915 bits per heavy atom. The molecule has 0 fully saturated rings. The van der Waals surface area contributed by atoms with Crippen molar-refractivity contribution in [3.8, 4) is 145 Å². The molecule has 4 heterocycles. The summed E-state index contributed by atoms with van der Waals surface area (Å²) in [6.07, 6.45) is 3.81. The summed E-state index contributed by atoms with van der Waals surface area (Å²) >= 11 is 14.3. The third-order valence-electron chi connectivity index (χ3n) is 17.8. The smallest absolute Gasteiger partial charge is 0.0709 e. The Morgan fingerprint density at radius 1 is 0.191 bits per heavy atom. The molecule has 0 aliphatic carbocycles. The molecule has 0 radical (unpaired) electrons. The molecule has 12 aromatic carbocycles. The summed E-state index contributed by atoms with van der Waals surface area (Å²) in [6.45, 7) is 0. The predicted molar refractivity (Wildman–Crippen MR) is 393 cm³/mol. The van der Waals surface area contributed by atoms with Crippen LogP contribution in [-0.2, 0) is 0 Å². The van der Waals surface area contributed by atoms with E-state index in [0.29, 0.717) is 10.0 Å². The van der Waals surface area contributed by atoms with E-state index in [9.17, 15) is 0 Å². The lowest BCUT2D eigenvalue weighted by Crippen LogP contribution is -1.92. The monoisotopic (exact) mass is 1240 g/mol. The third-order valence-corrected chi connectivity index (χ3v) is 18.2. The maximum absolute atomic E-state index is 7.26. The van der Waals surface area contributed by atoms with Crippen LogP contribution in [-0.4, -0.2) is 19.9 Å². The van der Waals surface area contributed by atoms with Gasteiger partial charge in [-0.05, 0) is 180 Å². The molecule has 0 unspecified atom stereocenters. The van der Waals surface area contributed by atoms with Crippen LogP contribution in [0.3, 0.4) is 0 Å². The zero-order valence-electron chi connectivity index (χ0n) is 50.9. The van der Waals surface area contributed by atoms with Gasteiger partial charge in [0.15, 0.2) is 0 Å². The first-order valence-corrected chi connectivity index (χ1v) is 32.2. The number of hydrogen-bond acceptors (Lipinski definition) is 4. The highest BCUT2D eigenvalue weighted by atomic mass is 35.5. The van der Waals surface area contributed by atoms with Crippen LogP contribution in [0, 0.1) is 0 Å². The molecule has 0 aliphatic heterocycles. The minimum absolute atomic E-state index is 0.644. The van der Waals surface area contributed by atoms with Gasteiger partial charge < -0.3 is 0 Å². The normalized spacial score (nSPS) is 11.3. The van der Waals surface area contributed by atoms with Gasteiger partial charge in [0.2, 0.25) is 0 Å². The Balaban J connectivity index is 0.704. The summed E-state index contributed by atoms with van der Waals surface area (Å²) < 4.78 is 0. The molecule has 4 aromatic heterocycles. The van der Waals surface area contributed by atoms with E-state index in [2.05, 4.69) is 290 Å². The lowest BCUT2D eigenvalue weighted by Gasteiger charge is -2.17. The summed E-state index contributed by atoms with van der Waals surface area (Å²) in [5.41, 5.74) is 29.1. The van der Waals surface area contributed by atoms with E-state index in [1.807, 2.05) is 54.9 Å².